The first-order chi connectivity index (χ1) is 9.84. The van der Waals surface area contributed by atoms with Gasteiger partial charge in [0.25, 0.3) is 0 Å². The van der Waals surface area contributed by atoms with Crippen molar-refractivity contribution < 1.29 is 4.74 Å². The minimum absolute atomic E-state index is 0.700. The zero-order valence-corrected chi connectivity index (χ0v) is 13.0. The molecule has 0 amide bonds. The monoisotopic (exact) mass is 335 g/mol. The van der Waals surface area contributed by atoms with E-state index in [1.54, 1.807) is 6.26 Å². The van der Waals surface area contributed by atoms with Crippen molar-refractivity contribution in [3.63, 3.8) is 0 Å². The molecule has 106 valence electrons. The van der Waals surface area contributed by atoms with E-state index in [1.165, 1.54) is 30.5 Å². The molecule has 4 aliphatic heterocycles. The van der Waals surface area contributed by atoms with Crippen molar-refractivity contribution in [2.24, 2.45) is 4.99 Å². The normalized spacial score (nSPS) is 25.6. The Morgan fingerprint density at radius 3 is 2.85 bits per heavy atom. The predicted octanol–water partition coefficient (Wildman–Crippen LogP) is 2.95. The first kappa shape index (κ1) is 12.5. The fourth-order valence-electron chi connectivity index (χ4n) is 3.40. The molecule has 0 aromatic heterocycles. The van der Waals surface area contributed by atoms with Crippen LogP contribution in [0.15, 0.2) is 38.8 Å². The molecule has 1 saturated heterocycles. The van der Waals surface area contributed by atoms with Crippen LogP contribution >= 0.6 is 15.9 Å². The average Bonchev–Trinajstić information content (AvgIpc) is 2.84. The van der Waals surface area contributed by atoms with Gasteiger partial charge in [-0.1, -0.05) is 0 Å². The van der Waals surface area contributed by atoms with E-state index in [4.69, 9.17) is 9.73 Å². The van der Waals surface area contributed by atoms with Crippen molar-refractivity contribution in [3.8, 4) is 0 Å². The van der Waals surface area contributed by atoms with Gasteiger partial charge in [0, 0.05) is 31.4 Å². The van der Waals surface area contributed by atoms with E-state index in [2.05, 4.69) is 25.7 Å². The van der Waals surface area contributed by atoms with Crippen LogP contribution in [0.3, 0.4) is 0 Å². The number of aliphatic imine (C=N–C) groups is 1. The van der Waals surface area contributed by atoms with Gasteiger partial charge < -0.3 is 14.5 Å². The molecule has 0 aliphatic carbocycles. The van der Waals surface area contributed by atoms with Gasteiger partial charge in [-0.15, -0.1) is 0 Å². The standard InChI is InChI=1S/C15H18BrN3O/c16-13-10-20-9-11-4-7-19-14(11)12(13)8-17-15(19)18-5-2-1-3-6-18/h8,10H,1-7,9H2. The Bertz CT molecular complexity index is 555. The van der Waals surface area contributed by atoms with E-state index < -0.39 is 0 Å². The highest BCUT2D eigenvalue weighted by Gasteiger charge is 2.35. The van der Waals surface area contributed by atoms with Crippen LogP contribution in [0.5, 0.6) is 0 Å². The van der Waals surface area contributed by atoms with Gasteiger partial charge >= 0.3 is 0 Å². The van der Waals surface area contributed by atoms with Crippen molar-refractivity contribution in [1.29, 1.82) is 0 Å². The van der Waals surface area contributed by atoms with Crippen molar-refractivity contribution in [1.82, 2.24) is 9.80 Å². The number of nitrogens with zero attached hydrogens (tertiary/aromatic N) is 3. The molecule has 4 rings (SSSR count). The van der Waals surface area contributed by atoms with Crippen molar-refractivity contribution in [2.45, 2.75) is 25.7 Å². The Morgan fingerprint density at radius 1 is 1.15 bits per heavy atom. The summed E-state index contributed by atoms with van der Waals surface area (Å²) in [6.07, 6.45) is 8.78. The van der Waals surface area contributed by atoms with Crippen LogP contribution in [-0.2, 0) is 4.74 Å². The fourth-order valence-corrected chi connectivity index (χ4v) is 3.82. The number of piperidine rings is 1. The summed E-state index contributed by atoms with van der Waals surface area (Å²) in [5.74, 6) is 1.14. The smallest absolute Gasteiger partial charge is 0.205 e. The lowest BCUT2D eigenvalue weighted by atomic mass is 10.1. The van der Waals surface area contributed by atoms with Crippen molar-refractivity contribution in [2.75, 3.05) is 26.2 Å². The highest BCUT2D eigenvalue weighted by molar-refractivity contribution is 9.12. The Hall–Kier alpha value is -1.23. The first-order valence-electron chi connectivity index (χ1n) is 7.35. The number of guanidine groups is 1. The van der Waals surface area contributed by atoms with Crippen LogP contribution in [0.1, 0.15) is 25.7 Å². The highest BCUT2D eigenvalue weighted by atomic mass is 79.9. The molecule has 0 saturated carbocycles. The molecule has 5 heteroatoms. The summed E-state index contributed by atoms with van der Waals surface area (Å²) in [6.45, 7) is 4.00. The maximum absolute atomic E-state index is 5.61. The summed E-state index contributed by atoms with van der Waals surface area (Å²) in [4.78, 5) is 9.58. The predicted molar refractivity (Wildman–Crippen MR) is 82.3 cm³/mol. The third kappa shape index (κ3) is 1.91. The number of rotatable bonds is 0. The van der Waals surface area contributed by atoms with E-state index in [-0.39, 0.29) is 0 Å². The molecule has 0 aromatic rings. The molecular formula is C15H18BrN3O. The summed E-state index contributed by atoms with van der Waals surface area (Å²) in [7, 11) is 0. The van der Waals surface area contributed by atoms with Gasteiger partial charge in [0.1, 0.15) is 6.61 Å². The number of hydrogen-bond acceptors (Lipinski definition) is 4. The molecule has 1 fully saturated rings. The molecule has 0 atom stereocenters. The highest BCUT2D eigenvalue weighted by Crippen LogP contribution is 2.39. The van der Waals surface area contributed by atoms with Crippen molar-refractivity contribution in [3.05, 3.63) is 33.8 Å². The Kier molecular flexibility index (Phi) is 3.10. The second-order valence-electron chi connectivity index (χ2n) is 5.65. The zero-order valence-electron chi connectivity index (χ0n) is 11.4. The lowest BCUT2D eigenvalue weighted by Crippen LogP contribution is -2.46. The molecule has 0 spiro atoms. The van der Waals surface area contributed by atoms with Gasteiger partial charge in [-0.25, -0.2) is 4.99 Å². The molecule has 20 heavy (non-hydrogen) atoms. The Morgan fingerprint density at radius 2 is 2.00 bits per heavy atom. The van der Waals surface area contributed by atoms with Crippen LogP contribution in [0.25, 0.3) is 0 Å². The minimum Gasteiger partial charge on any atom is -0.496 e. The fraction of sp³-hybridized carbons (Fsp3) is 0.533. The number of halogens is 1. The van der Waals surface area contributed by atoms with Crippen LogP contribution in [0.4, 0.5) is 0 Å². The van der Waals surface area contributed by atoms with Gasteiger partial charge in [-0.05, 0) is 47.2 Å². The third-order valence-electron chi connectivity index (χ3n) is 4.39. The van der Waals surface area contributed by atoms with E-state index >= 15 is 0 Å². The van der Waals surface area contributed by atoms with Crippen LogP contribution in [0, 0.1) is 0 Å². The van der Waals surface area contributed by atoms with Gasteiger partial charge in [-0.2, -0.15) is 0 Å². The van der Waals surface area contributed by atoms with Crippen molar-refractivity contribution >= 4 is 21.9 Å². The lowest BCUT2D eigenvalue weighted by molar-refractivity contribution is 0.279. The molecule has 0 aromatic carbocycles. The molecule has 0 N–H and O–H groups in total. The second-order valence-corrected chi connectivity index (χ2v) is 6.50. The molecule has 0 bridgehead atoms. The molecule has 4 nitrogen and oxygen atoms in total. The van der Waals surface area contributed by atoms with Crippen LogP contribution in [0.2, 0.25) is 0 Å². The Labute approximate surface area is 127 Å². The maximum Gasteiger partial charge on any atom is 0.205 e. The number of hydrogen-bond donors (Lipinski definition) is 0. The summed E-state index contributed by atoms with van der Waals surface area (Å²) < 4.78 is 6.61. The summed E-state index contributed by atoms with van der Waals surface area (Å²) in [5.41, 5.74) is 3.88. The molecular weight excluding hydrogens is 318 g/mol. The average molecular weight is 336 g/mol. The largest absolute Gasteiger partial charge is 0.496 e. The molecule has 0 radical (unpaired) electrons. The maximum atomic E-state index is 5.61. The molecule has 4 heterocycles. The van der Waals surface area contributed by atoms with E-state index in [1.807, 2.05) is 6.20 Å². The minimum atomic E-state index is 0.700. The van der Waals surface area contributed by atoms with E-state index in [0.29, 0.717) is 6.61 Å². The van der Waals surface area contributed by atoms with Gasteiger partial charge in [-0.3, -0.25) is 0 Å². The number of likely N-dealkylation sites (tertiary alicyclic amines) is 1. The van der Waals surface area contributed by atoms with E-state index in [0.717, 1.165) is 42.1 Å². The molecule has 0 unspecified atom stereocenters. The Balaban J connectivity index is 1.74. The summed E-state index contributed by atoms with van der Waals surface area (Å²) in [6, 6.07) is 0. The number of ether oxygens (including phenoxy) is 1. The summed E-state index contributed by atoms with van der Waals surface area (Å²) >= 11 is 3.60. The molecule has 4 aliphatic rings. The van der Waals surface area contributed by atoms with E-state index in [9.17, 15) is 0 Å². The van der Waals surface area contributed by atoms with Gasteiger partial charge in [0.15, 0.2) is 0 Å². The lowest BCUT2D eigenvalue weighted by Gasteiger charge is -2.37. The van der Waals surface area contributed by atoms with Gasteiger partial charge in [0.2, 0.25) is 5.96 Å². The summed E-state index contributed by atoms with van der Waals surface area (Å²) in [5, 5.41) is 0. The second kappa shape index (κ2) is 4.95. The zero-order chi connectivity index (χ0) is 13.5. The topological polar surface area (TPSA) is 28.1 Å². The SMILES string of the molecule is BrC1=COCC2=C3C1=CN=C(N1CCCCC1)N3CC2. The quantitative estimate of drug-likeness (QED) is 0.681. The van der Waals surface area contributed by atoms with Gasteiger partial charge in [0.05, 0.1) is 16.4 Å². The number of allylic oxidation sites excluding steroid dienone is 1. The van der Waals surface area contributed by atoms with Crippen LogP contribution in [-0.4, -0.2) is 42.0 Å². The first-order valence-corrected chi connectivity index (χ1v) is 8.14. The third-order valence-corrected chi connectivity index (χ3v) is 5.00. The van der Waals surface area contributed by atoms with Crippen LogP contribution < -0.4 is 0 Å².